The van der Waals surface area contributed by atoms with E-state index in [0.717, 1.165) is 0 Å². The number of hydrogen-bond acceptors (Lipinski definition) is 11. The van der Waals surface area contributed by atoms with E-state index in [-0.39, 0.29) is 6.29 Å². The van der Waals surface area contributed by atoms with E-state index in [4.69, 9.17) is 14.9 Å². The molecule has 11 nitrogen and oxygen atoms in total. The summed E-state index contributed by atoms with van der Waals surface area (Å²) in [5.41, 5.74) is -3.04. The summed E-state index contributed by atoms with van der Waals surface area (Å²) in [6, 6.07) is 0. The molecule has 1 rings (SSSR count). The summed E-state index contributed by atoms with van der Waals surface area (Å²) in [7, 11) is 0. The Balaban J connectivity index is 3.27. The van der Waals surface area contributed by atoms with Gasteiger partial charge >= 0.3 is 0 Å². The van der Waals surface area contributed by atoms with E-state index in [2.05, 4.69) is 0 Å². The molecule has 0 unspecified atom stereocenters. The van der Waals surface area contributed by atoms with Gasteiger partial charge in [-0.1, -0.05) is 0 Å². The lowest BCUT2D eigenvalue weighted by molar-refractivity contribution is -0.305. The number of hydrogen-bond donors (Lipinski definition) is 9. The van der Waals surface area contributed by atoms with Crippen LogP contribution in [0, 0.1) is 0 Å². The average molecular weight is 342 g/mol. The zero-order valence-corrected chi connectivity index (χ0v) is 12.0. The number of aldehydes is 1. The van der Waals surface area contributed by atoms with Crippen molar-refractivity contribution >= 4 is 6.29 Å². The molecular weight excluding hydrogens is 320 g/mol. The highest BCUT2D eigenvalue weighted by atomic mass is 16.6. The molecule has 0 radical (unpaired) electrons. The van der Waals surface area contributed by atoms with Gasteiger partial charge in [0.1, 0.15) is 48.8 Å². The van der Waals surface area contributed by atoms with Gasteiger partial charge < -0.3 is 55.5 Å². The van der Waals surface area contributed by atoms with Crippen molar-refractivity contribution in [3.8, 4) is 0 Å². The molecule has 0 saturated carbocycles. The van der Waals surface area contributed by atoms with Crippen molar-refractivity contribution < 1.29 is 55.5 Å². The van der Waals surface area contributed by atoms with Crippen LogP contribution in [0.2, 0.25) is 0 Å². The number of rotatable bonds is 7. The monoisotopic (exact) mass is 342 g/mol. The van der Waals surface area contributed by atoms with Crippen molar-refractivity contribution in [2.45, 2.75) is 54.4 Å². The third kappa shape index (κ3) is 3.53. The first kappa shape index (κ1) is 20.3. The standard InChI is InChI=1S/C12H22O11/c13-1-4(16)10(21)12(22,6(17)3-15)11-9(20)8(19)7(18)5(2-14)23-11/h3-11,13-14,16-22H,1-2H2/t4-,5-,6+,7-,8+,9-,10-,11-,12-/m1/s1. The van der Waals surface area contributed by atoms with Crippen LogP contribution in [0.25, 0.3) is 0 Å². The Bertz CT molecular complexity index is 391. The minimum absolute atomic E-state index is 0.214. The van der Waals surface area contributed by atoms with Gasteiger partial charge in [-0.3, -0.25) is 0 Å². The van der Waals surface area contributed by atoms with E-state index < -0.39 is 67.6 Å². The second kappa shape index (κ2) is 7.90. The quantitative estimate of drug-likeness (QED) is 0.199. The van der Waals surface area contributed by atoms with E-state index in [1.165, 1.54) is 0 Å². The molecule has 0 aromatic carbocycles. The molecular formula is C12H22O11. The summed E-state index contributed by atoms with van der Waals surface area (Å²) in [6.45, 7) is -1.92. The Kier molecular flexibility index (Phi) is 6.97. The summed E-state index contributed by atoms with van der Waals surface area (Å²) in [5, 5.41) is 86.9. The highest BCUT2D eigenvalue weighted by Gasteiger charge is 2.59. The van der Waals surface area contributed by atoms with Crippen molar-refractivity contribution in [2.75, 3.05) is 13.2 Å². The summed E-state index contributed by atoms with van der Waals surface area (Å²) in [5.74, 6) is 0. The van der Waals surface area contributed by atoms with E-state index in [1.54, 1.807) is 0 Å². The molecule has 0 amide bonds. The molecule has 1 saturated heterocycles. The van der Waals surface area contributed by atoms with Gasteiger partial charge in [-0.05, 0) is 0 Å². The SMILES string of the molecule is O=C[C@H](O)[C@@](O)([C@H](O)[C@H](O)CO)[C@@H]1O[C@H](CO)[C@@H](O)[C@H](O)[C@H]1O. The molecule has 1 fully saturated rings. The van der Waals surface area contributed by atoms with Gasteiger partial charge in [0.05, 0.1) is 13.2 Å². The fraction of sp³-hybridized carbons (Fsp3) is 0.917. The predicted molar refractivity (Wildman–Crippen MR) is 69.9 cm³/mol. The highest BCUT2D eigenvalue weighted by molar-refractivity contribution is 5.59. The Morgan fingerprint density at radius 2 is 1.61 bits per heavy atom. The Morgan fingerprint density at radius 1 is 1.04 bits per heavy atom. The molecule has 23 heavy (non-hydrogen) atoms. The lowest BCUT2D eigenvalue weighted by Gasteiger charge is -2.49. The molecule has 1 aliphatic rings. The van der Waals surface area contributed by atoms with E-state index >= 15 is 0 Å². The number of aliphatic hydroxyl groups is 9. The summed E-state index contributed by atoms with van der Waals surface area (Å²) in [4.78, 5) is 10.8. The Morgan fingerprint density at radius 3 is 2.04 bits per heavy atom. The smallest absolute Gasteiger partial charge is 0.154 e. The molecule has 0 bridgehead atoms. The van der Waals surface area contributed by atoms with Gasteiger partial charge in [0, 0.05) is 0 Å². The van der Waals surface area contributed by atoms with Crippen LogP contribution >= 0.6 is 0 Å². The van der Waals surface area contributed by atoms with Crippen molar-refractivity contribution in [1.29, 1.82) is 0 Å². The third-order valence-corrected chi connectivity index (χ3v) is 3.98. The molecule has 9 N–H and O–H groups in total. The van der Waals surface area contributed by atoms with Crippen LogP contribution in [-0.2, 0) is 9.53 Å². The zero-order valence-electron chi connectivity index (χ0n) is 12.0. The second-order valence-electron chi connectivity index (χ2n) is 5.41. The first-order valence-electron chi connectivity index (χ1n) is 6.79. The number of carbonyl (C=O) groups excluding carboxylic acids is 1. The molecule has 0 aliphatic carbocycles. The fourth-order valence-corrected chi connectivity index (χ4v) is 2.51. The van der Waals surface area contributed by atoms with Crippen LogP contribution in [0.3, 0.4) is 0 Å². The number of aliphatic hydroxyl groups excluding tert-OH is 8. The maximum absolute atomic E-state index is 10.8. The van der Waals surface area contributed by atoms with Gasteiger partial charge in [-0.25, -0.2) is 0 Å². The first-order valence-corrected chi connectivity index (χ1v) is 6.79. The van der Waals surface area contributed by atoms with Gasteiger partial charge in [-0.15, -0.1) is 0 Å². The molecule has 11 heteroatoms. The molecule has 9 atom stereocenters. The molecule has 0 spiro atoms. The third-order valence-electron chi connectivity index (χ3n) is 3.98. The maximum atomic E-state index is 10.8. The van der Waals surface area contributed by atoms with Crippen LogP contribution < -0.4 is 0 Å². The second-order valence-corrected chi connectivity index (χ2v) is 5.41. The normalized spacial score (nSPS) is 38.4. The Labute approximate surface area is 130 Å². The Hall–Kier alpha value is -0.730. The average Bonchev–Trinajstić information content (AvgIpc) is 2.56. The molecule has 1 heterocycles. The zero-order chi connectivity index (χ0) is 17.9. The van der Waals surface area contributed by atoms with Gasteiger partial charge in [0.2, 0.25) is 0 Å². The van der Waals surface area contributed by atoms with Crippen LogP contribution in [-0.4, -0.2) is 120 Å². The van der Waals surface area contributed by atoms with Crippen LogP contribution in [0.5, 0.6) is 0 Å². The molecule has 0 aromatic rings. The maximum Gasteiger partial charge on any atom is 0.154 e. The number of ether oxygens (including phenoxy) is 1. The van der Waals surface area contributed by atoms with Crippen molar-refractivity contribution in [3.63, 3.8) is 0 Å². The fourth-order valence-electron chi connectivity index (χ4n) is 2.51. The summed E-state index contributed by atoms with van der Waals surface area (Å²) in [6.07, 6.45) is -16.4. The molecule has 0 aromatic heterocycles. The minimum atomic E-state index is -3.04. The lowest BCUT2D eigenvalue weighted by Crippen LogP contribution is -2.73. The van der Waals surface area contributed by atoms with Crippen molar-refractivity contribution in [1.82, 2.24) is 0 Å². The highest BCUT2D eigenvalue weighted by Crippen LogP contribution is 2.33. The van der Waals surface area contributed by atoms with E-state index in [9.17, 15) is 40.5 Å². The first-order chi connectivity index (χ1) is 10.7. The van der Waals surface area contributed by atoms with Crippen LogP contribution in [0.4, 0.5) is 0 Å². The van der Waals surface area contributed by atoms with Gasteiger partial charge in [0.25, 0.3) is 0 Å². The van der Waals surface area contributed by atoms with Gasteiger partial charge in [-0.2, -0.15) is 0 Å². The largest absolute Gasteiger partial charge is 0.394 e. The predicted octanol–water partition coefficient (Wildman–Crippen LogP) is -6.17. The summed E-state index contributed by atoms with van der Waals surface area (Å²) >= 11 is 0. The topological polar surface area (TPSA) is 208 Å². The molecule has 136 valence electrons. The molecule has 1 aliphatic heterocycles. The summed E-state index contributed by atoms with van der Waals surface area (Å²) < 4.78 is 5.00. The van der Waals surface area contributed by atoms with Crippen LogP contribution in [0.1, 0.15) is 0 Å². The lowest BCUT2D eigenvalue weighted by atomic mass is 9.76. The minimum Gasteiger partial charge on any atom is -0.394 e. The van der Waals surface area contributed by atoms with E-state index in [1.807, 2.05) is 0 Å². The van der Waals surface area contributed by atoms with Crippen molar-refractivity contribution in [2.24, 2.45) is 0 Å². The number of carbonyl (C=O) groups is 1. The van der Waals surface area contributed by atoms with Gasteiger partial charge in [0.15, 0.2) is 11.9 Å². The van der Waals surface area contributed by atoms with Crippen LogP contribution in [0.15, 0.2) is 0 Å². The van der Waals surface area contributed by atoms with E-state index in [0.29, 0.717) is 0 Å². The van der Waals surface area contributed by atoms with Crippen molar-refractivity contribution in [3.05, 3.63) is 0 Å².